The number of hydrogen-bond acceptors (Lipinski definition) is 7. The number of nitrogens with zero attached hydrogens (tertiary/aromatic N) is 4. The smallest absolute Gasteiger partial charge is 0.475 e. The summed E-state index contributed by atoms with van der Waals surface area (Å²) in [5.74, 6) is -4.34. The van der Waals surface area contributed by atoms with Gasteiger partial charge in [0, 0.05) is 26.2 Å². The Morgan fingerprint density at radius 1 is 0.972 bits per heavy atom. The molecule has 1 aliphatic carbocycles. The van der Waals surface area contributed by atoms with Gasteiger partial charge in [-0.3, -0.25) is 0 Å². The van der Waals surface area contributed by atoms with Crippen molar-refractivity contribution in [2.24, 2.45) is 5.92 Å². The van der Waals surface area contributed by atoms with E-state index >= 15 is 0 Å². The number of hydrogen-bond donors (Lipinski definition) is 2. The average Bonchev–Trinajstić information content (AvgIpc) is 3.60. The zero-order valence-corrected chi connectivity index (χ0v) is 18.9. The maximum absolute atomic E-state index is 13.0. The van der Waals surface area contributed by atoms with Crippen LogP contribution in [0.1, 0.15) is 25.7 Å². The lowest BCUT2D eigenvalue weighted by Gasteiger charge is -2.47. The van der Waals surface area contributed by atoms with E-state index < -0.39 is 24.3 Å². The number of carboxylic acid groups (broad SMARTS) is 2. The highest BCUT2D eigenvalue weighted by molar-refractivity contribution is 5.73. The third-order valence-corrected chi connectivity index (χ3v) is 5.60. The molecule has 1 aromatic heterocycles. The van der Waals surface area contributed by atoms with E-state index in [1.165, 1.54) is 31.8 Å². The van der Waals surface area contributed by atoms with Crippen LogP contribution in [-0.2, 0) is 14.3 Å². The molecule has 3 fully saturated rings. The molecule has 1 spiro atoms. The van der Waals surface area contributed by atoms with Gasteiger partial charge in [0.15, 0.2) is 5.82 Å². The number of morpholine rings is 1. The predicted octanol–water partition coefficient (Wildman–Crippen LogP) is 2.96. The molecule has 2 N–H and O–H groups in total. The van der Waals surface area contributed by atoms with Crippen LogP contribution in [0, 0.1) is 11.7 Å². The van der Waals surface area contributed by atoms with Crippen molar-refractivity contribution in [1.29, 1.82) is 0 Å². The SMILES string of the molecule is Fc1cnc(N2CCOC3(CCN(CC4CC4)CC3)C2)nc1.O=C(O)C(F)(F)F.O=C(O)C(F)(F)F. The molecular formula is C20H25F7N4O5. The molecule has 0 amide bonds. The van der Waals surface area contributed by atoms with E-state index in [0.717, 1.165) is 44.9 Å². The molecule has 2 aliphatic heterocycles. The lowest BCUT2D eigenvalue weighted by Crippen LogP contribution is -2.57. The molecule has 0 radical (unpaired) electrons. The first kappa shape index (κ1) is 29.5. The van der Waals surface area contributed by atoms with Gasteiger partial charge in [-0.05, 0) is 31.6 Å². The van der Waals surface area contributed by atoms with Crippen LogP contribution in [0.15, 0.2) is 12.4 Å². The van der Waals surface area contributed by atoms with Gasteiger partial charge < -0.3 is 24.7 Å². The summed E-state index contributed by atoms with van der Waals surface area (Å²) in [4.78, 5) is 30.7. The van der Waals surface area contributed by atoms with Crippen molar-refractivity contribution < 1.29 is 55.3 Å². The number of aromatic nitrogens is 2. The van der Waals surface area contributed by atoms with Crippen molar-refractivity contribution in [2.45, 2.75) is 43.6 Å². The van der Waals surface area contributed by atoms with Crippen LogP contribution in [0.5, 0.6) is 0 Å². The molecule has 0 bridgehead atoms. The fourth-order valence-corrected chi connectivity index (χ4v) is 3.60. The lowest BCUT2D eigenvalue weighted by molar-refractivity contribution is -0.193. The molecule has 1 aromatic rings. The van der Waals surface area contributed by atoms with E-state index in [1.54, 1.807) is 0 Å². The van der Waals surface area contributed by atoms with Crippen LogP contribution in [0.2, 0.25) is 0 Å². The number of likely N-dealkylation sites (tertiary alicyclic amines) is 1. The molecule has 3 heterocycles. The van der Waals surface area contributed by atoms with Crippen LogP contribution in [0.4, 0.5) is 36.7 Å². The van der Waals surface area contributed by atoms with Crippen molar-refractivity contribution in [3.63, 3.8) is 0 Å². The number of rotatable bonds is 3. The van der Waals surface area contributed by atoms with E-state index in [0.29, 0.717) is 12.6 Å². The van der Waals surface area contributed by atoms with Crippen molar-refractivity contribution in [2.75, 3.05) is 44.2 Å². The molecule has 1 saturated carbocycles. The topological polar surface area (TPSA) is 116 Å². The second-order valence-electron chi connectivity index (χ2n) is 8.50. The van der Waals surface area contributed by atoms with Crippen molar-refractivity contribution in [3.05, 3.63) is 18.2 Å². The Bertz CT molecular complexity index is 847. The van der Waals surface area contributed by atoms with Crippen LogP contribution in [0.25, 0.3) is 0 Å². The Hall–Kier alpha value is -2.75. The van der Waals surface area contributed by atoms with Crippen LogP contribution >= 0.6 is 0 Å². The molecule has 4 rings (SSSR count). The summed E-state index contributed by atoms with van der Waals surface area (Å²) in [5.41, 5.74) is -0.0734. The van der Waals surface area contributed by atoms with Crippen molar-refractivity contribution >= 4 is 17.9 Å². The molecule has 2 saturated heterocycles. The number of ether oxygens (including phenoxy) is 1. The van der Waals surface area contributed by atoms with Crippen LogP contribution in [-0.4, -0.2) is 94.3 Å². The average molecular weight is 534 g/mol. The fourth-order valence-electron chi connectivity index (χ4n) is 3.60. The van der Waals surface area contributed by atoms with E-state index in [1.807, 2.05) is 0 Å². The van der Waals surface area contributed by atoms with Crippen LogP contribution < -0.4 is 4.90 Å². The normalized spacial score (nSPS) is 20.0. The Labute approximate surface area is 200 Å². The maximum atomic E-state index is 13.0. The van der Waals surface area contributed by atoms with E-state index in [9.17, 15) is 30.7 Å². The first-order valence-electron chi connectivity index (χ1n) is 10.8. The van der Waals surface area contributed by atoms with Gasteiger partial charge in [0.2, 0.25) is 5.95 Å². The van der Waals surface area contributed by atoms with Gasteiger partial charge in [0.1, 0.15) is 0 Å². The maximum Gasteiger partial charge on any atom is 0.490 e. The first-order chi connectivity index (χ1) is 16.6. The second kappa shape index (κ2) is 12.0. The second-order valence-corrected chi connectivity index (χ2v) is 8.50. The number of carboxylic acids is 2. The van der Waals surface area contributed by atoms with Crippen molar-refractivity contribution in [1.82, 2.24) is 14.9 Å². The summed E-state index contributed by atoms with van der Waals surface area (Å²) in [5, 5.41) is 14.2. The van der Waals surface area contributed by atoms with E-state index in [4.69, 9.17) is 24.5 Å². The number of aliphatic carboxylic acids is 2. The summed E-state index contributed by atoms with van der Waals surface area (Å²) >= 11 is 0. The zero-order chi connectivity index (χ0) is 27.1. The van der Waals surface area contributed by atoms with Gasteiger partial charge in [-0.1, -0.05) is 0 Å². The number of halogens is 7. The number of alkyl halides is 6. The van der Waals surface area contributed by atoms with Gasteiger partial charge in [-0.25, -0.2) is 23.9 Å². The molecule has 3 aliphatic rings. The number of piperidine rings is 1. The summed E-state index contributed by atoms with van der Waals surface area (Å²) in [6.45, 7) is 5.79. The van der Waals surface area contributed by atoms with Crippen LogP contribution in [0.3, 0.4) is 0 Å². The molecule has 0 atom stereocenters. The van der Waals surface area contributed by atoms with Gasteiger partial charge in [0.25, 0.3) is 0 Å². The summed E-state index contributed by atoms with van der Waals surface area (Å²) in [6.07, 6.45) is -2.73. The quantitative estimate of drug-likeness (QED) is 0.565. The zero-order valence-electron chi connectivity index (χ0n) is 18.9. The van der Waals surface area contributed by atoms with E-state index in [2.05, 4.69) is 19.8 Å². The minimum atomic E-state index is -5.08. The van der Waals surface area contributed by atoms with Gasteiger partial charge >= 0.3 is 24.3 Å². The number of carbonyl (C=O) groups is 2. The highest BCUT2D eigenvalue weighted by Crippen LogP contribution is 2.34. The third-order valence-electron chi connectivity index (χ3n) is 5.60. The van der Waals surface area contributed by atoms with Gasteiger partial charge in [-0.15, -0.1) is 0 Å². The fraction of sp³-hybridized carbons (Fsp3) is 0.700. The predicted molar refractivity (Wildman–Crippen MR) is 109 cm³/mol. The lowest BCUT2D eigenvalue weighted by atomic mass is 9.89. The minimum Gasteiger partial charge on any atom is -0.475 e. The van der Waals surface area contributed by atoms with Gasteiger partial charge in [0.05, 0.1) is 31.1 Å². The Morgan fingerprint density at radius 2 is 1.44 bits per heavy atom. The monoisotopic (exact) mass is 534 g/mol. The summed E-state index contributed by atoms with van der Waals surface area (Å²) in [6, 6.07) is 0. The summed E-state index contributed by atoms with van der Waals surface area (Å²) < 4.78 is 82.6. The van der Waals surface area contributed by atoms with E-state index in [-0.39, 0.29) is 11.4 Å². The molecule has 204 valence electrons. The van der Waals surface area contributed by atoms with Gasteiger partial charge in [-0.2, -0.15) is 26.3 Å². The Morgan fingerprint density at radius 3 is 1.86 bits per heavy atom. The molecule has 0 unspecified atom stereocenters. The highest BCUT2D eigenvalue weighted by Gasteiger charge is 2.41. The summed E-state index contributed by atoms with van der Waals surface area (Å²) in [7, 11) is 0. The molecule has 16 heteroatoms. The minimum absolute atomic E-state index is 0.0734. The third kappa shape index (κ3) is 9.72. The molecule has 36 heavy (non-hydrogen) atoms. The standard InChI is InChI=1S/C16H23FN4O.2C2HF3O2/c17-14-9-18-15(19-10-14)21-7-8-22-16(12-21)3-5-20(6-4-16)11-13-1-2-13;2*3-2(4,5)1(6)7/h9-10,13H,1-8,11-12H2;2*(H,6,7). The Kier molecular flexibility index (Phi) is 9.82. The number of anilines is 1. The highest BCUT2D eigenvalue weighted by atomic mass is 19.4. The molecule has 9 nitrogen and oxygen atoms in total. The molecule has 0 aromatic carbocycles. The first-order valence-corrected chi connectivity index (χ1v) is 10.8. The van der Waals surface area contributed by atoms with Crippen molar-refractivity contribution in [3.8, 4) is 0 Å². The largest absolute Gasteiger partial charge is 0.490 e. The Balaban J connectivity index is 0.000000271. The molecular weight excluding hydrogens is 509 g/mol.